The van der Waals surface area contributed by atoms with Gasteiger partial charge in [-0.2, -0.15) is 0 Å². The average molecular weight is 291 g/mol. The number of carbonyl (C=O) groups excluding carboxylic acids is 1. The van der Waals surface area contributed by atoms with E-state index in [2.05, 4.69) is 5.32 Å². The van der Waals surface area contributed by atoms with Gasteiger partial charge < -0.3 is 9.64 Å². The molecule has 1 aromatic carbocycles. The number of nitro benzene ring substituents is 1. The van der Waals surface area contributed by atoms with Gasteiger partial charge in [-0.25, -0.2) is 0 Å². The van der Waals surface area contributed by atoms with Crippen LogP contribution in [0.15, 0.2) is 24.3 Å². The topological polar surface area (TPSA) is 84.7 Å². The van der Waals surface area contributed by atoms with Crippen molar-refractivity contribution in [2.75, 3.05) is 13.2 Å². The molecule has 0 aromatic heterocycles. The zero-order valence-corrected chi connectivity index (χ0v) is 11.7. The van der Waals surface area contributed by atoms with Crippen LogP contribution in [0.3, 0.4) is 0 Å². The Morgan fingerprint density at radius 2 is 2.10 bits per heavy atom. The van der Waals surface area contributed by atoms with Gasteiger partial charge in [-0.1, -0.05) is 0 Å². The molecule has 1 amide bonds. The van der Waals surface area contributed by atoms with Crippen LogP contribution in [0.4, 0.5) is 5.69 Å². The predicted molar refractivity (Wildman–Crippen MR) is 74.5 cm³/mol. The highest BCUT2D eigenvalue weighted by molar-refractivity contribution is 5.84. The maximum Gasteiger partial charge on any atom is 0.269 e. The van der Waals surface area contributed by atoms with E-state index >= 15 is 0 Å². The van der Waals surface area contributed by atoms with E-state index in [4.69, 9.17) is 4.74 Å². The first kappa shape index (κ1) is 14.0. The van der Waals surface area contributed by atoms with Crippen molar-refractivity contribution >= 4 is 11.6 Å². The first-order chi connectivity index (χ1) is 10.1. The van der Waals surface area contributed by atoms with Gasteiger partial charge in [0.2, 0.25) is 5.91 Å². The Morgan fingerprint density at radius 1 is 1.38 bits per heavy atom. The summed E-state index contributed by atoms with van der Waals surface area (Å²) in [5.74, 6) is 0.0499. The fraction of sp³-hybridized carbons (Fsp3) is 0.500. The van der Waals surface area contributed by atoms with Crippen LogP contribution in [0.5, 0.6) is 0 Å². The van der Waals surface area contributed by atoms with Gasteiger partial charge in [-0.3, -0.25) is 20.2 Å². The fourth-order valence-corrected chi connectivity index (χ4v) is 2.91. The first-order valence-electron chi connectivity index (χ1n) is 6.98. The minimum atomic E-state index is -0.428. The molecule has 3 rings (SSSR count). The van der Waals surface area contributed by atoms with Crippen molar-refractivity contribution in [3.63, 3.8) is 0 Å². The molecule has 3 atom stereocenters. The Hall–Kier alpha value is -1.99. The number of carbonyl (C=O) groups is 1. The molecule has 7 nitrogen and oxygen atoms in total. The highest BCUT2D eigenvalue weighted by Gasteiger charge is 2.42. The third-order valence-corrected chi connectivity index (χ3v) is 4.03. The number of benzene rings is 1. The second-order valence-corrected chi connectivity index (χ2v) is 5.40. The number of amides is 1. The van der Waals surface area contributed by atoms with E-state index in [1.807, 2.05) is 11.8 Å². The van der Waals surface area contributed by atoms with E-state index in [1.54, 1.807) is 12.1 Å². The SMILES string of the molecule is CC1NC(c2ccc([N+](=O)[O-])cc2)N(C2CCOC2)C1=O. The van der Waals surface area contributed by atoms with Crippen molar-refractivity contribution in [3.8, 4) is 0 Å². The number of nitrogens with zero attached hydrogens (tertiary/aromatic N) is 2. The van der Waals surface area contributed by atoms with Crippen LogP contribution in [0, 0.1) is 10.1 Å². The van der Waals surface area contributed by atoms with Crippen molar-refractivity contribution in [3.05, 3.63) is 39.9 Å². The lowest BCUT2D eigenvalue weighted by molar-refractivity contribution is -0.384. The molecular formula is C14H17N3O4. The number of nitro groups is 1. The Kier molecular flexibility index (Phi) is 3.60. The molecule has 0 bridgehead atoms. The number of ether oxygens (including phenoxy) is 1. The molecule has 2 aliphatic heterocycles. The molecule has 0 aliphatic carbocycles. The lowest BCUT2D eigenvalue weighted by Gasteiger charge is -2.29. The summed E-state index contributed by atoms with van der Waals surface area (Å²) in [7, 11) is 0. The molecule has 21 heavy (non-hydrogen) atoms. The molecule has 0 radical (unpaired) electrons. The van der Waals surface area contributed by atoms with Gasteiger partial charge in [0, 0.05) is 18.7 Å². The van der Waals surface area contributed by atoms with Crippen molar-refractivity contribution in [1.29, 1.82) is 0 Å². The summed E-state index contributed by atoms with van der Waals surface area (Å²) in [6.45, 7) is 3.04. The first-order valence-corrected chi connectivity index (χ1v) is 6.98. The standard InChI is InChI=1S/C14H17N3O4/c1-9-14(18)16(12-6-7-21-8-12)13(15-9)10-2-4-11(5-3-10)17(19)20/h2-5,9,12-13,15H,6-8H2,1H3. The van der Waals surface area contributed by atoms with Crippen LogP contribution in [0.2, 0.25) is 0 Å². The Balaban J connectivity index is 1.87. The Morgan fingerprint density at radius 3 is 2.67 bits per heavy atom. The van der Waals surface area contributed by atoms with Gasteiger partial charge in [-0.15, -0.1) is 0 Å². The van der Waals surface area contributed by atoms with Gasteiger partial charge >= 0.3 is 0 Å². The van der Waals surface area contributed by atoms with E-state index in [-0.39, 0.29) is 29.8 Å². The van der Waals surface area contributed by atoms with Gasteiger partial charge in [0.15, 0.2) is 0 Å². The quantitative estimate of drug-likeness (QED) is 0.668. The molecule has 2 aliphatic rings. The van der Waals surface area contributed by atoms with Gasteiger partial charge in [-0.05, 0) is 31.0 Å². The summed E-state index contributed by atoms with van der Waals surface area (Å²) in [4.78, 5) is 24.5. The number of nitrogens with one attached hydrogen (secondary N) is 1. The van der Waals surface area contributed by atoms with Gasteiger partial charge in [0.05, 0.1) is 23.6 Å². The minimum Gasteiger partial charge on any atom is -0.379 e. The zero-order valence-electron chi connectivity index (χ0n) is 11.7. The highest BCUT2D eigenvalue weighted by Crippen LogP contribution is 2.31. The van der Waals surface area contributed by atoms with E-state index in [0.717, 1.165) is 12.0 Å². The smallest absolute Gasteiger partial charge is 0.269 e. The van der Waals surface area contributed by atoms with E-state index in [0.29, 0.717) is 13.2 Å². The summed E-state index contributed by atoms with van der Waals surface area (Å²) in [5.41, 5.74) is 0.900. The van der Waals surface area contributed by atoms with Crippen LogP contribution < -0.4 is 5.32 Å². The van der Waals surface area contributed by atoms with Crippen LogP contribution >= 0.6 is 0 Å². The van der Waals surface area contributed by atoms with Gasteiger partial charge in [0.1, 0.15) is 6.17 Å². The molecule has 1 N–H and O–H groups in total. The third kappa shape index (κ3) is 2.50. The number of rotatable bonds is 3. The van der Waals surface area contributed by atoms with E-state index in [9.17, 15) is 14.9 Å². The molecule has 0 saturated carbocycles. The number of hydrogen-bond acceptors (Lipinski definition) is 5. The summed E-state index contributed by atoms with van der Waals surface area (Å²) >= 11 is 0. The van der Waals surface area contributed by atoms with Crippen molar-refractivity contribution in [2.24, 2.45) is 0 Å². The van der Waals surface area contributed by atoms with Crippen LogP contribution in [0.1, 0.15) is 25.1 Å². The second kappa shape index (κ2) is 5.42. The fourth-order valence-electron chi connectivity index (χ4n) is 2.91. The Labute approximate surface area is 122 Å². The molecular weight excluding hydrogens is 274 g/mol. The minimum absolute atomic E-state index is 0.0480. The normalized spacial score (nSPS) is 29.1. The van der Waals surface area contributed by atoms with E-state index < -0.39 is 4.92 Å². The van der Waals surface area contributed by atoms with Crippen LogP contribution in [-0.2, 0) is 9.53 Å². The molecule has 2 heterocycles. The summed E-state index contributed by atoms with van der Waals surface area (Å²) in [6, 6.07) is 6.14. The average Bonchev–Trinajstić information content (AvgIpc) is 3.08. The largest absolute Gasteiger partial charge is 0.379 e. The maximum absolute atomic E-state index is 12.4. The van der Waals surface area contributed by atoms with Crippen LogP contribution in [-0.4, -0.2) is 41.0 Å². The molecule has 7 heteroatoms. The maximum atomic E-state index is 12.4. The zero-order chi connectivity index (χ0) is 15.0. The third-order valence-electron chi connectivity index (χ3n) is 4.03. The summed E-state index contributed by atoms with van der Waals surface area (Å²) in [6.07, 6.45) is 0.573. The lowest BCUT2D eigenvalue weighted by atomic mass is 10.1. The monoisotopic (exact) mass is 291 g/mol. The van der Waals surface area contributed by atoms with Crippen LogP contribution in [0.25, 0.3) is 0 Å². The van der Waals surface area contributed by atoms with Crippen molar-refractivity contribution in [1.82, 2.24) is 10.2 Å². The van der Waals surface area contributed by atoms with E-state index in [1.165, 1.54) is 12.1 Å². The summed E-state index contributed by atoms with van der Waals surface area (Å²) in [5, 5.41) is 14.0. The molecule has 2 saturated heterocycles. The molecule has 0 spiro atoms. The molecule has 112 valence electrons. The Bertz CT molecular complexity index is 554. The number of hydrogen-bond donors (Lipinski definition) is 1. The highest BCUT2D eigenvalue weighted by atomic mass is 16.6. The van der Waals surface area contributed by atoms with Crippen molar-refractivity contribution < 1.29 is 14.5 Å². The second-order valence-electron chi connectivity index (χ2n) is 5.40. The summed E-state index contributed by atoms with van der Waals surface area (Å²) < 4.78 is 5.38. The number of non-ortho nitro benzene ring substituents is 1. The predicted octanol–water partition coefficient (Wildman–Crippen LogP) is 1.20. The molecule has 2 fully saturated rings. The molecule has 3 unspecified atom stereocenters. The molecule has 1 aromatic rings. The lowest BCUT2D eigenvalue weighted by Crippen LogP contribution is -2.40. The van der Waals surface area contributed by atoms with Gasteiger partial charge in [0.25, 0.3) is 5.69 Å². The van der Waals surface area contributed by atoms with Crippen molar-refractivity contribution in [2.45, 2.75) is 31.6 Å².